The van der Waals surface area contributed by atoms with E-state index in [0.717, 1.165) is 13.0 Å². The van der Waals surface area contributed by atoms with Crippen LogP contribution in [0.1, 0.15) is 32.6 Å². The average Bonchev–Trinajstić information content (AvgIpc) is 2.51. The Kier molecular flexibility index (Phi) is 2.54. The molecule has 0 radical (unpaired) electrons. The van der Waals surface area contributed by atoms with Gasteiger partial charge in [0.25, 0.3) is 0 Å². The lowest BCUT2D eigenvalue weighted by atomic mass is 9.91. The first-order valence-electron chi connectivity index (χ1n) is 5.18. The maximum atomic E-state index is 10.9. The van der Waals surface area contributed by atoms with Crippen LogP contribution in [0.25, 0.3) is 0 Å². The Balaban J connectivity index is 1.97. The third-order valence-electron chi connectivity index (χ3n) is 3.20. The summed E-state index contributed by atoms with van der Waals surface area (Å²) in [7, 11) is 0. The number of carbonyl (C=O) groups excluding carboxylic acids is 1. The highest BCUT2D eigenvalue weighted by molar-refractivity contribution is 5.66. The van der Waals surface area contributed by atoms with E-state index in [0.29, 0.717) is 12.0 Å². The molecular weight excluding hydrogens is 166 g/mol. The van der Waals surface area contributed by atoms with E-state index >= 15 is 0 Å². The summed E-state index contributed by atoms with van der Waals surface area (Å²) in [6.07, 6.45) is 4.92. The fraction of sp³-hybridized carbons (Fsp3) is 0.900. The second-order valence-corrected chi connectivity index (χ2v) is 4.09. The van der Waals surface area contributed by atoms with Crippen LogP contribution in [0, 0.1) is 5.92 Å². The van der Waals surface area contributed by atoms with Crippen molar-refractivity contribution >= 4 is 5.97 Å². The van der Waals surface area contributed by atoms with Crippen molar-refractivity contribution in [3.8, 4) is 0 Å². The van der Waals surface area contributed by atoms with Gasteiger partial charge in [-0.05, 0) is 25.8 Å². The molecule has 0 spiro atoms. The Labute approximate surface area is 78.8 Å². The third-order valence-corrected chi connectivity index (χ3v) is 3.20. The average molecular weight is 183 g/mol. The highest BCUT2D eigenvalue weighted by Crippen LogP contribution is 2.33. The maximum absolute atomic E-state index is 10.9. The van der Waals surface area contributed by atoms with Crippen molar-refractivity contribution in [3.63, 3.8) is 0 Å². The molecule has 74 valence electrons. The van der Waals surface area contributed by atoms with Crippen molar-refractivity contribution < 1.29 is 9.53 Å². The summed E-state index contributed by atoms with van der Waals surface area (Å²) in [5.41, 5.74) is 0. The normalized spacial score (nSPS) is 38.4. The monoisotopic (exact) mass is 183 g/mol. The molecule has 1 heterocycles. The van der Waals surface area contributed by atoms with Gasteiger partial charge in [0.1, 0.15) is 6.10 Å². The summed E-state index contributed by atoms with van der Waals surface area (Å²) in [6, 6.07) is 0.609. The number of rotatable bonds is 1. The van der Waals surface area contributed by atoms with Gasteiger partial charge in [0.05, 0.1) is 0 Å². The van der Waals surface area contributed by atoms with Gasteiger partial charge in [-0.25, -0.2) is 0 Å². The number of hydrogen-bond donors (Lipinski definition) is 1. The molecule has 3 atom stereocenters. The van der Waals surface area contributed by atoms with Gasteiger partial charge in [-0.2, -0.15) is 0 Å². The van der Waals surface area contributed by atoms with Crippen LogP contribution in [0.2, 0.25) is 0 Å². The molecule has 0 amide bonds. The highest BCUT2D eigenvalue weighted by Gasteiger charge is 2.37. The zero-order chi connectivity index (χ0) is 9.26. The molecule has 3 nitrogen and oxygen atoms in total. The van der Waals surface area contributed by atoms with E-state index in [2.05, 4.69) is 5.32 Å². The summed E-state index contributed by atoms with van der Waals surface area (Å²) in [6.45, 7) is 2.51. The molecule has 1 N–H and O–H groups in total. The van der Waals surface area contributed by atoms with Gasteiger partial charge in [0.2, 0.25) is 0 Å². The molecule has 1 aliphatic heterocycles. The summed E-state index contributed by atoms with van der Waals surface area (Å²) in [5, 5.41) is 3.49. The second kappa shape index (κ2) is 3.66. The maximum Gasteiger partial charge on any atom is 0.302 e. The minimum absolute atomic E-state index is 0.127. The number of fused-ring (bicyclic) bond motifs is 1. The summed E-state index contributed by atoms with van der Waals surface area (Å²) in [5.74, 6) is 0.454. The topological polar surface area (TPSA) is 38.3 Å². The standard InChI is InChI=1S/C10H17NO2/c1-7(12)13-10-5-6-11-9-4-2-3-8(9)10/h8-11H,2-6H2,1H3/t8-,9-,10-/m1/s1. The molecule has 1 saturated heterocycles. The van der Waals surface area contributed by atoms with Gasteiger partial charge in [-0.3, -0.25) is 4.79 Å². The molecule has 13 heavy (non-hydrogen) atoms. The number of esters is 1. The highest BCUT2D eigenvalue weighted by atomic mass is 16.5. The number of piperidine rings is 1. The van der Waals surface area contributed by atoms with Crippen molar-refractivity contribution in [2.24, 2.45) is 5.92 Å². The minimum atomic E-state index is -0.127. The lowest BCUT2D eigenvalue weighted by molar-refractivity contribution is -0.150. The Morgan fingerprint density at radius 3 is 3.00 bits per heavy atom. The number of ether oxygens (including phenoxy) is 1. The molecule has 2 rings (SSSR count). The van der Waals surface area contributed by atoms with E-state index in [1.165, 1.54) is 26.2 Å². The summed E-state index contributed by atoms with van der Waals surface area (Å²) < 4.78 is 5.33. The molecule has 0 unspecified atom stereocenters. The van der Waals surface area contributed by atoms with Gasteiger partial charge >= 0.3 is 5.97 Å². The van der Waals surface area contributed by atoms with Crippen LogP contribution in [0.4, 0.5) is 0 Å². The Bertz CT molecular complexity index is 205. The van der Waals surface area contributed by atoms with Crippen LogP contribution >= 0.6 is 0 Å². The second-order valence-electron chi connectivity index (χ2n) is 4.09. The smallest absolute Gasteiger partial charge is 0.302 e. The SMILES string of the molecule is CC(=O)O[C@@H]1CCN[C@@H]2CCC[C@H]21. The molecule has 0 bridgehead atoms. The number of carbonyl (C=O) groups is 1. The number of hydrogen-bond acceptors (Lipinski definition) is 3. The zero-order valence-corrected chi connectivity index (χ0v) is 8.08. The van der Waals surface area contributed by atoms with Crippen LogP contribution in [0.3, 0.4) is 0 Å². The molecule has 3 heteroatoms. The largest absolute Gasteiger partial charge is 0.462 e. The lowest BCUT2D eigenvalue weighted by Crippen LogP contribution is -2.46. The first-order chi connectivity index (χ1) is 6.27. The first kappa shape index (κ1) is 9.00. The predicted molar refractivity (Wildman–Crippen MR) is 49.3 cm³/mol. The van der Waals surface area contributed by atoms with E-state index in [9.17, 15) is 4.79 Å². The van der Waals surface area contributed by atoms with Crippen LogP contribution < -0.4 is 5.32 Å². The summed E-state index contributed by atoms with van der Waals surface area (Å²) >= 11 is 0. The van der Waals surface area contributed by atoms with Crippen LogP contribution in [0.15, 0.2) is 0 Å². The molecule has 0 aromatic rings. The molecule has 2 aliphatic rings. The fourth-order valence-electron chi connectivity index (χ4n) is 2.67. The van der Waals surface area contributed by atoms with Gasteiger partial charge < -0.3 is 10.1 Å². The van der Waals surface area contributed by atoms with Crippen molar-refractivity contribution in [1.29, 1.82) is 0 Å². The van der Waals surface area contributed by atoms with Gasteiger partial charge in [0.15, 0.2) is 0 Å². The molecule has 1 aliphatic carbocycles. The Hall–Kier alpha value is -0.570. The van der Waals surface area contributed by atoms with Gasteiger partial charge in [0, 0.05) is 18.9 Å². The lowest BCUT2D eigenvalue weighted by Gasteiger charge is -2.33. The van der Waals surface area contributed by atoms with E-state index in [4.69, 9.17) is 4.74 Å². The van der Waals surface area contributed by atoms with Crippen LogP contribution in [-0.4, -0.2) is 24.7 Å². The molecule has 0 aromatic carbocycles. The predicted octanol–water partition coefficient (Wildman–Crippen LogP) is 1.08. The van der Waals surface area contributed by atoms with Gasteiger partial charge in [-0.15, -0.1) is 0 Å². The third kappa shape index (κ3) is 1.85. The van der Waals surface area contributed by atoms with Crippen LogP contribution in [0.5, 0.6) is 0 Å². The Morgan fingerprint density at radius 2 is 2.23 bits per heavy atom. The Morgan fingerprint density at radius 1 is 1.38 bits per heavy atom. The van der Waals surface area contributed by atoms with E-state index in [1.54, 1.807) is 0 Å². The van der Waals surface area contributed by atoms with E-state index < -0.39 is 0 Å². The molecule has 0 aromatic heterocycles. The minimum Gasteiger partial charge on any atom is -0.462 e. The fourth-order valence-corrected chi connectivity index (χ4v) is 2.67. The van der Waals surface area contributed by atoms with Crippen LogP contribution in [-0.2, 0) is 9.53 Å². The van der Waals surface area contributed by atoms with Crippen molar-refractivity contribution in [3.05, 3.63) is 0 Å². The van der Waals surface area contributed by atoms with Gasteiger partial charge in [-0.1, -0.05) is 6.42 Å². The summed E-state index contributed by atoms with van der Waals surface area (Å²) in [4.78, 5) is 10.9. The molecule has 2 fully saturated rings. The zero-order valence-electron chi connectivity index (χ0n) is 8.08. The van der Waals surface area contributed by atoms with Crippen molar-refractivity contribution in [1.82, 2.24) is 5.32 Å². The first-order valence-corrected chi connectivity index (χ1v) is 5.18. The van der Waals surface area contributed by atoms with E-state index in [-0.39, 0.29) is 12.1 Å². The molecular formula is C10H17NO2. The quantitative estimate of drug-likeness (QED) is 0.618. The van der Waals surface area contributed by atoms with Crippen molar-refractivity contribution in [2.45, 2.75) is 44.8 Å². The molecule has 1 saturated carbocycles. The number of nitrogens with one attached hydrogen (secondary N) is 1. The van der Waals surface area contributed by atoms with E-state index in [1.807, 2.05) is 0 Å². The van der Waals surface area contributed by atoms with Crippen molar-refractivity contribution in [2.75, 3.05) is 6.54 Å².